The molecule has 46 heavy (non-hydrogen) atoms. The molecule has 11 atom stereocenters. The van der Waals surface area contributed by atoms with Crippen molar-refractivity contribution in [3.8, 4) is 0 Å². The summed E-state index contributed by atoms with van der Waals surface area (Å²) in [5, 5.41) is 57.3. The Bertz CT molecular complexity index is 1360. The van der Waals surface area contributed by atoms with Gasteiger partial charge in [-0.15, -0.1) is 0 Å². The van der Waals surface area contributed by atoms with E-state index in [1.165, 1.54) is 0 Å². The molecule has 3 fully saturated rings. The normalized spacial score (nSPS) is 41.3. The van der Waals surface area contributed by atoms with E-state index >= 15 is 0 Å². The van der Waals surface area contributed by atoms with Crippen LogP contribution in [-0.2, 0) is 28.5 Å². The zero-order chi connectivity index (χ0) is 34.0. The molecule has 254 valence electrons. The fraction of sp³-hybridized carbons (Fsp3) is 0.686. The fourth-order valence-corrected chi connectivity index (χ4v) is 9.15. The Labute approximate surface area is 270 Å². The van der Waals surface area contributed by atoms with Gasteiger partial charge in [0.15, 0.2) is 11.9 Å². The highest BCUT2D eigenvalue weighted by Gasteiger charge is 2.80. The van der Waals surface area contributed by atoms with Gasteiger partial charge in [0.1, 0.15) is 24.6 Å². The summed E-state index contributed by atoms with van der Waals surface area (Å²) in [6.45, 7) is 15.9. The molecule has 1 aliphatic heterocycles. The van der Waals surface area contributed by atoms with E-state index in [4.69, 9.17) is 31.0 Å². The number of esters is 1. The number of Topliss-reactive ketones (excluding diaryl/α,β-unsaturated/α-hetero) is 1. The number of fused-ring (bicyclic) bond motifs is 5. The third-order valence-corrected chi connectivity index (χ3v) is 12.5. The lowest BCUT2D eigenvalue weighted by Crippen LogP contribution is -2.83. The van der Waals surface area contributed by atoms with Gasteiger partial charge < -0.3 is 44.5 Å². The van der Waals surface area contributed by atoms with Crippen LogP contribution in [-0.4, -0.2) is 106 Å². The van der Waals surface area contributed by atoms with Gasteiger partial charge in [-0.25, -0.2) is 4.79 Å². The topological polar surface area (TPSA) is 172 Å². The van der Waals surface area contributed by atoms with Gasteiger partial charge in [-0.3, -0.25) is 4.79 Å². The number of ketones is 1. The highest BCUT2D eigenvalue weighted by molar-refractivity contribution is 5.94. The molecule has 4 aliphatic rings. The summed E-state index contributed by atoms with van der Waals surface area (Å²) < 4.78 is 23.1. The van der Waals surface area contributed by atoms with Gasteiger partial charge in [-0.2, -0.15) is 0 Å². The number of carbonyl (C=O) groups excluding carboxylic acids is 2. The van der Waals surface area contributed by atoms with Crippen molar-refractivity contribution in [1.29, 1.82) is 0 Å². The first kappa shape index (κ1) is 35.1. The average Bonchev–Trinajstić information content (AvgIpc) is 3.02. The van der Waals surface area contributed by atoms with Crippen LogP contribution in [0.15, 0.2) is 41.5 Å². The smallest absolute Gasteiger partial charge is 0.336 e. The van der Waals surface area contributed by atoms with E-state index in [1.54, 1.807) is 71.9 Å². The van der Waals surface area contributed by atoms with Crippen molar-refractivity contribution >= 4 is 11.8 Å². The first-order chi connectivity index (χ1) is 21.4. The molecular formula is C35H48O11. The number of ether oxygens (including phenoxy) is 4. The van der Waals surface area contributed by atoms with Crippen molar-refractivity contribution in [3.05, 3.63) is 54.0 Å². The lowest BCUT2D eigenvalue weighted by molar-refractivity contribution is -0.377. The summed E-state index contributed by atoms with van der Waals surface area (Å²) in [7, 11) is 0. The summed E-state index contributed by atoms with van der Waals surface area (Å²) >= 11 is 0. The molecule has 0 amide bonds. The van der Waals surface area contributed by atoms with Crippen molar-refractivity contribution in [3.63, 3.8) is 0 Å². The first-order valence-electron chi connectivity index (χ1n) is 15.9. The second-order valence-corrected chi connectivity index (χ2v) is 14.4. The lowest BCUT2D eigenvalue weighted by atomic mass is 9.36. The van der Waals surface area contributed by atoms with Crippen molar-refractivity contribution in [2.45, 2.75) is 102 Å². The minimum absolute atomic E-state index is 0.0165. The summed E-state index contributed by atoms with van der Waals surface area (Å²) in [6, 6.07) is 8.61. The standard InChI is InChI=1S/C35H48O11/c1-19(22-11-9-8-10-12-22)27(37)30(40)46-23-16-34(41)21(3)33(7)32(6,29(39)28(38)26(20(23)2)31(34,4)5)24(45-18-43-14-13-36)15-25-35(33,42)17-44-25/h1,8-12,19,21,23-25,27-28,36-38,41-42H,13-18H2,2-7H3/t19-,21-,23?,24?,25?,27?,28?,32-,33?,34?,35?/m0/s1. The van der Waals surface area contributed by atoms with Crippen molar-refractivity contribution < 1.29 is 54.1 Å². The summed E-state index contributed by atoms with van der Waals surface area (Å²) in [4.78, 5) is 28.1. The molecule has 1 saturated heterocycles. The predicted molar refractivity (Wildman–Crippen MR) is 164 cm³/mol. The summed E-state index contributed by atoms with van der Waals surface area (Å²) in [6.07, 6.45) is -6.23. The van der Waals surface area contributed by atoms with Crippen molar-refractivity contribution in [1.82, 2.24) is 0 Å². The van der Waals surface area contributed by atoms with Gasteiger partial charge in [0.2, 0.25) is 0 Å². The monoisotopic (exact) mass is 644 g/mol. The molecule has 11 heteroatoms. The van der Waals surface area contributed by atoms with E-state index in [0.29, 0.717) is 11.1 Å². The Hall–Kier alpha value is -2.22. The van der Waals surface area contributed by atoms with E-state index in [0.717, 1.165) is 0 Å². The number of carbonyl (C=O) groups is 2. The molecule has 2 bridgehead atoms. The Kier molecular flexibility index (Phi) is 9.18. The summed E-state index contributed by atoms with van der Waals surface area (Å²) in [5.41, 5.74) is -6.45. The Morgan fingerprint density at radius 1 is 1.13 bits per heavy atom. The van der Waals surface area contributed by atoms with Crippen molar-refractivity contribution in [2.24, 2.45) is 22.2 Å². The van der Waals surface area contributed by atoms with Crippen LogP contribution in [0.3, 0.4) is 0 Å². The fourth-order valence-electron chi connectivity index (χ4n) is 9.15. The quantitative estimate of drug-likeness (QED) is 0.115. The number of aliphatic hydroxyl groups is 5. The molecule has 2 saturated carbocycles. The molecule has 1 aromatic rings. The highest BCUT2D eigenvalue weighted by Crippen LogP contribution is 2.70. The molecule has 3 aliphatic carbocycles. The van der Waals surface area contributed by atoms with E-state index in [9.17, 15) is 30.0 Å². The lowest BCUT2D eigenvalue weighted by Gasteiger charge is -2.72. The third kappa shape index (κ3) is 4.69. The van der Waals surface area contributed by atoms with Crippen LogP contribution in [0.1, 0.15) is 65.9 Å². The van der Waals surface area contributed by atoms with Gasteiger partial charge in [0.05, 0.1) is 43.0 Å². The van der Waals surface area contributed by atoms with Crippen LogP contribution in [0, 0.1) is 29.1 Å². The van der Waals surface area contributed by atoms with Gasteiger partial charge in [0.25, 0.3) is 0 Å². The van der Waals surface area contributed by atoms with Crippen molar-refractivity contribution in [2.75, 3.05) is 26.6 Å². The molecule has 1 aromatic carbocycles. The van der Waals surface area contributed by atoms with Crippen LogP contribution in [0.2, 0.25) is 0 Å². The Balaban J connectivity index is 1.59. The van der Waals surface area contributed by atoms with Crippen LogP contribution >= 0.6 is 0 Å². The maximum Gasteiger partial charge on any atom is 0.336 e. The Morgan fingerprint density at radius 3 is 2.37 bits per heavy atom. The highest BCUT2D eigenvalue weighted by atomic mass is 16.7. The number of hydrogen-bond donors (Lipinski definition) is 5. The molecule has 1 heterocycles. The first-order valence-corrected chi connectivity index (χ1v) is 15.9. The van der Waals surface area contributed by atoms with E-state index in [-0.39, 0.29) is 45.0 Å². The largest absolute Gasteiger partial charge is 0.456 e. The molecular weight excluding hydrogens is 596 g/mol. The SMILES string of the molecule is [CH][C@@H](c1ccccc1)C(O)C(=O)OC1CC2(O)[C@@H](C)C3(C)C4(O)COC4CC(OCOCCO)[C@@]3(C)C(=O)C(O)C(=C1C)C2(C)C. The van der Waals surface area contributed by atoms with Gasteiger partial charge >= 0.3 is 5.97 Å². The number of hydrogen-bond acceptors (Lipinski definition) is 11. The van der Waals surface area contributed by atoms with E-state index in [2.05, 4.69) is 0 Å². The zero-order valence-corrected chi connectivity index (χ0v) is 27.4. The maximum absolute atomic E-state index is 14.8. The molecule has 0 aromatic heterocycles. The molecule has 2 radical (unpaired) electrons. The predicted octanol–water partition coefficient (Wildman–Crippen LogP) is 1.71. The number of rotatable bonds is 9. The zero-order valence-electron chi connectivity index (χ0n) is 27.4. The van der Waals surface area contributed by atoms with E-state index < -0.39 is 81.6 Å². The van der Waals surface area contributed by atoms with Gasteiger partial charge in [-0.05, 0) is 43.4 Å². The Morgan fingerprint density at radius 2 is 1.78 bits per heavy atom. The molecule has 0 spiro atoms. The third-order valence-electron chi connectivity index (χ3n) is 12.5. The number of benzene rings is 1. The second kappa shape index (κ2) is 12.0. The average molecular weight is 645 g/mol. The number of aliphatic hydroxyl groups excluding tert-OH is 3. The van der Waals surface area contributed by atoms with E-state index in [1.807, 2.05) is 0 Å². The van der Waals surface area contributed by atoms with Crippen LogP contribution in [0.4, 0.5) is 0 Å². The van der Waals surface area contributed by atoms with Crippen LogP contribution < -0.4 is 0 Å². The summed E-state index contributed by atoms with van der Waals surface area (Å²) in [5.74, 6) is -3.57. The minimum Gasteiger partial charge on any atom is -0.456 e. The van der Waals surface area contributed by atoms with Gasteiger partial charge in [0, 0.05) is 29.6 Å². The molecule has 5 rings (SSSR count). The van der Waals surface area contributed by atoms with Crippen LogP contribution in [0.25, 0.3) is 0 Å². The minimum atomic E-state index is -1.76. The second-order valence-electron chi connectivity index (χ2n) is 14.4. The molecule has 8 unspecified atom stereocenters. The molecule has 11 nitrogen and oxygen atoms in total. The molecule has 5 N–H and O–H groups in total. The van der Waals surface area contributed by atoms with Crippen LogP contribution in [0.5, 0.6) is 0 Å². The maximum atomic E-state index is 14.8. The van der Waals surface area contributed by atoms with Gasteiger partial charge in [-0.1, -0.05) is 58.0 Å².